The Morgan fingerprint density at radius 2 is 1.79 bits per heavy atom. The maximum Gasteiger partial charge on any atom is 0.253 e. The van der Waals surface area contributed by atoms with Crippen LogP contribution in [0.25, 0.3) is 11.1 Å². The van der Waals surface area contributed by atoms with E-state index in [0.717, 1.165) is 39.1 Å². The minimum absolute atomic E-state index is 0.00448. The fraction of sp³-hybridized carbons (Fsp3) is 0.208. The van der Waals surface area contributed by atoms with E-state index in [1.165, 1.54) is 0 Å². The minimum Gasteiger partial charge on any atom is -0.392 e. The second-order valence-electron chi connectivity index (χ2n) is 7.10. The first-order valence-electron chi connectivity index (χ1n) is 9.41. The van der Waals surface area contributed by atoms with Crippen molar-refractivity contribution >= 4 is 11.6 Å². The summed E-state index contributed by atoms with van der Waals surface area (Å²) < 4.78 is 5.59. The number of rotatable bonds is 4. The zero-order valence-corrected chi connectivity index (χ0v) is 15.9. The van der Waals surface area contributed by atoms with E-state index < -0.39 is 0 Å². The number of aliphatic hydroxyl groups excluding tert-OH is 1. The number of aryl methyl sites for hydroxylation is 1. The van der Waals surface area contributed by atoms with Crippen LogP contribution in [0.3, 0.4) is 0 Å². The molecule has 0 aliphatic carbocycles. The largest absolute Gasteiger partial charge is 0.392 e. The summed E-state index contributed by atoms with van der Waals surface area (Å²) in [6, 6.07) is 22.1. The quantitative estimate of drug-likeness (QED) is 0.745. The van der Waals surface area contributed by atoms with Gasteiger partial charge in [-0.3, -0.25) is 4.79 Å². The van der Waals surface area contributed by atoms with Crippen molar-refractivity contribution in [2.75, 3.05) is 11.5 Å². The van der Waals surface area contributed by atoms with Crippen molar-refractivity contribution in [1.29, 1.82) is 0 Å². The Bertz CT molecular complexity index is 1010. The third-order valence-corrected chi connectivity index (χ3v) is 5.19. The Balaban J connectivity index is 1.77. The van der Waals surface area contributed by atoms with Crippen molar-refractivity contribution in [3.63, 3.8) is 0 Å². The summed E-state index contributed by atoms with van der Waals surface area (Å²) in [4.78, 5) is 14.6. The van der Waals surface area contributed by atoms with Crippen LogP contribution < -0.4 is 4.90 Å². The third kappa shape index (κ3) is 3.70. The molecule has 0 aromatic heterocycles. The van der Waals surface area contributed by atoms with Gasteiger partial charge in [-0.1, -0.05) is 54.6 Å². The monoisotopic (exact) mass is 373 g/mol. The van der Waals surface area contributed by atoms with Crippen LogP contribution in [0.1, 0.15) is 22.3 Å². The van der Waals surface area contributed by atoms with Gasteiger partial charge in [-0.2, -0.15) is 0 Å². The average molecular weight is 373 g/mol. The summed E-state index contributed by atoms with van der Waals surface area (Å²) in [6.07, 6.45) is 0. The fourth-order valence-electron chi connectivity index (χ4n) is 3.56. The number of carbonyl (C=O) groups is 1. The standard InChI is InChI=1S/C24H23NO3/c1-17-5-2-3-7-21(17)13-25-23-12-20(19-8-4-6-18(11-19)14-26)9-10-22(23)15-28-16-24(25)27/h2-12,26H,13-16H2,1H3. The molecule has 0 fully saturated rings. The summed E-state index contributed by atoms with van der Waals surface area (Å²) in [5.74, 6) is -0.0386. The van der Waals surface area contributed by atoms with Crippen LogP contribution in [-0.4, -0.2) is 17.6 Å². The van der Waals surface area contributed by atoms with E-state index in [-0.39, 0.29) is 19.1 Å². The Morgan fingerprint density at radius 3 is 2.61 bits per heavy atom. The fourth-order valence-corrected chi connectivity index (χ4v) is 3.56. The molecule has 0 radical (unpaired) electrons. The van der Waals surface area contributed by atoms with Crippen molar-refractivity contribution in [2.24, 2.45) is 0 Å². The molecule has 0 unspecified atom stereocenters. The molecule has 4 nitrogen and oxygen atoms in total. The molecule has 1 amide bonds. The summed E-state index contributed by atoms with van der Waals surface area (Å²) >= 11 is 0. The lowest BCUT2D eigenvalue weighted by atomic mass is 9.99. The molecule has 0 spiro atoms. The van der Waals surface area contributed by atoms with Crippen molar-refractivity contribution < 1.29 is 14.6 Å². The van der Waals surface area contributed by atoms with Gasteiger partial charge in [0.25, 0.3) is 5.91 Å². The highest BCUT2D eigenvalue weighted by molar-refractivity contribution is 5.96. The first-order valence-corrected chi connectivity index (χ1v) is 9.41. The predicted octanol–water partition coefficient (Wildman–Crippen LogP) is 4.22. The van der Waals surface area contributed by atoms with Crippen LogP contribution in [0.4, 0.5) is 5.69 Å². The molecule has 1 aliphatic rings. The molecule has 142 valence electrons. The second kappa shape index (κ2) is 7.97. The number of hydrogen-bond acceptors (Lipinski definition) is 3. The molecule has 3 aromatic rings. The molecule has 0 bridgehead atoms. The van der Waals surface area contributed by atoms with Gasteiger partial charge in [0.1, 0.15) is 6.61 Å². The van der Waals surface area contributed by atoms with E-state index in [4.69, 9.17) is 4.74 Å². The number of fused-ring (bicyclic) bond motifs is 1. The smallest absolute Gasteiger partial charge is 0.253 e. The van der Waals surface area contributed by atoms with E-state index >= 15 is 0 Å². The lowest BCUT2D eigenvalue weighted by molar-refractivity contribution is -0.123. The summed E-state index contributed by atoms with van der Waals surface area (Å²) in [6.45, 7) is 3.08. The van der Waals surface area contributed by atoms with Crippen LogP contribution in [0, 0.1) is 6.92 Å². The number of ether oxygens (including phenoxy) is 1. The van der Waals surface area contributed by atoms with Gasteiger partial charge < -0.3 is 14.7 Å². The molecule has 4 rings (SSSR count). The van der Waals surface area contributed by atoms with Crippen molar-refractivity contribution in [3.8, 4) is 11.1 Å². The molecule has 0 atom stereocenters. The highest BCUT2D eigenvalue weighted by atomic mass is 16.5. The predicted molar refractivity (Wildman–Crippen MR) is 110 cm³/mol. The lowest BCUT2D eigenvalue weighted by Crippen LogP contribution is -2.32. The molecule has 0 saturated carbocycles. The zero-order chi connectivity index (χ0) is 19.5. The number of nitrogens with zero attached hydrogens (tertiary/aromatic N) is 1. The van der Waals surface area contributed by atoms with Crippen LogP contribution in [-0.2, 0) is 29.3 Å². The van der Waals surface area contributed by atoms with Crippen LogP contribution >= 0.6 is 0 Å². The van der Waals surface area contributed by atoms with Crippen LogP contribution in [0.15, 0.2) is 66.7 Å². The maximum atomic E-state index is 12.8. The van der Waals surface area contributed by atoms with Gasteiger partial charge in [-0.05, 0) is 46.9 Å². The van der Waals surface area contributed by atoms with E-state index in [1.807, 2.05) is 53.4 Å². The van der Waals surface area contributed by atoms with Gasteiger partial charge in [0.05, 0.1) is 25.4 Å². The highest BCUT2D eigenvalue weighted by Crippen LogP contribution is 2.32. The van der Waals surface area contributed by atoms with Gasteiger partial charge in [0.2, 0.25) is 0 Å². The topological polar surface area (TPSA) is 49.8 Å². The molecular weight excluding hydrogens is 350 g/mol. The van der Waals surface area contributed by atoms with Gasteiger partial charge in [-0.25, -0.2) is 0 Å². The van der Waals surface area contributed by atoms with Gasteiger partial charge in [0, 0.05) is 5.56 Å². The number of amides is 1. The first-order chi connectivity index (χ1) is 13.7. The van der Waals surface area contributed by atoms with Crippen LogP contribution in [0.5, 0.6) is 0 Å². The highest BCUT2D eigenvalue weighted by Gasteiger charge is 2.24. The minimum atomic E-state index is -0.0386. The number of benzene rings is 3. The molecule has 1 aliphatic heterocycles. The summed E-state index contributed by atoms with van der Waals surface area (Å²) in [5, 5.41) is 9.44. The second-order valence-corrected chi connectivity index (χ2v) is 7.10. The number of carbonyl (C=O) groups excluding carboxylic acids is 1. The average Bonchev–Trinajstić information content (AvgIpc) is 2.88. The van der Waals surface area contributed by atoms with Gasteiger partial charge in [0.15, 0.2) is 0 Å². The maximum absolute atomic E-state index is 12.8. The molecule has 0 saturated heterocycles. The molecule has 3 aromatic carbocycles. The molecule has 1 N–H and O–H groups in total. The number of hydrogen-bond donors (Lipinski definition) is 1. The number of aliphatic hydroxyl groups is 1. The van der Waals surface area contributed by atoms with Crippen molar-refractivity contribution in [3.05, 3.63) is 89.0 Å². The summed E-state index contributed by atoms with van der Waals surface area (Å²) in [7, 11) is 0. The van der Waals surface area contributed by atoms with Gasteiger partial charge >= 0.3 is 0 Å². The molecule has 4 heteroatoms. The Labute approximate surface area is 165 Å². The normalized spacial score (nSPS) is 13.9. The van der Waals surface area contributed by atoms with Crippen LogP contribution in [0.2, 0.25) is 0 Å². The number of anilines is 1. The third-order valence-electron chi connectivity index (χ3n) is 5.19. The molecular formula is C24H23NO3. The molecule has 1 heterocycles. The first kappa shape index (κ1) is 18.4. The molecule has 28 heavy (non-hydrogen) atoms. The SMILES string of the molecule is Cc1ccccc1CN1C(=O)COCc2ccc(-c3cccc(CO)c3)cc21. The van der Waals surface area contributed by atoms with Crippen molar-refractivity contribution in [1.82, 2.24) is 0 Å². The van der Waals surface area contributed by atoms with Crippen molar-refractivity contribution in [2.45, 2.75) is 26.7 Å². The van der Waals surface area contributed by atoms with E-state index in [2.05, 4.69) is 25.1 Å². The Morgan fingerprint density at radius 1 is 0.964 bits per heavy atom. The van der Waals surface area contributed by atoms with Gasteiger partial charge in [-0.15, -0.1) is 0 Å². The Hall–Kier alpha value is -2.95. The summed E-state index contributed by atoms with van der Waals surface area (Å²) in [5.41, 5.74) is 7.06. The lowest BCUT2D eigenvalue weighted by Gasteiger charge is -2.24. The van der Waals surface area contributed by atoms with E-state index in [9.17, 15) is 9.90 Å². The van der Waals surface area contributed by atoms with E-state index in [1.54, 1.807) is 0 Å². The zero-order valence-electron chi connectivity index (χ0n) is 15.9. The Kier molecular flexibility index (Phi) is 5.24. The van der Waals surface area contributed by atoms with E-state index in [0.29, 0.717) is 13.2 Å².